The van der Waals surface area contributed by atoms with Crippen LogP contribution in [0.4, 0.5) is 0 Å². The Morgan fingerprint density at radius 1 is 1.04 bits per heavy atom. The molecule has 1 heterocycles. The average molecular weight is 402 g/mol. The van der Waals surface area contributed by atoms with Crippen LogP contribution in [0.15, 0.2) is 54.6 Å². The van der Waals surface area contributed by atoms with Gasteiger partial charge in [0.25, 0.3) is 0 Å². The fourth-order valence-corrected chi connectivity index (χ4v) is 3.44. The lowest BCUT2D eigenvalue weighted by Gasteiger charge is -2.34. The molecule has 6 heteroatoms. The monoisotopic (exact) mass is 401 g/mol. The van der Waals surface area contributed by atoms with Gasteiger partial charge in [0.15, 0.2) is 0 Å². The summed E-state index contributed by atoms with van der Waals surface area (Å²) >= 11 is 5.88. The highest BCUT2D eigenvalue weighted by atomic mass is 35.5. The molecule has 2 aromatic carbocycles. The van der Waals surface area contributed by atoms with Crippen LogP contribution in [0.3, 0.4) is 0 Å². The van der Waals surface area contributed by atoms with Crippen LogP contribution in [-0.4, -0.2) is 61.6 Å². The molecule has 1 atom stereocenters. The van der Waals surface area contributed by atoms with E-state index in [4.69, 9.17) is 16.3 Å². The number of carbonyl (C=O) groups is 1. The Labute approximate surface area is 172 Å². The number of halogens is 1. The summed E-state index contributed by atoms with van der Waals surface area (Å²) in [5, 5.41) is 3.80. The molecule has 150 valence electrons. The first kappa shape index (κ1) is 20.6. The number of hydrogen-bond donors (Lipinski definition) is 1. The fraction of sp³-hybridized carbons (Fsp3) is 0.409. The minimum Gasteiger partial charge on any atom is -0.492 e. The van der Waals surface area contributed by atoms with Gasteiger partial charge in [-0.3, -0.25) is 14.6 Å². The number of amides is 1. The molecule has 0 spiro atoms. The Morgan fingerprint density at radius 3 is 2.36 bits per heavy atom. The SMILES string of the molecule is C[C@H](NC(=O)CN1CCN(CCOc2ccc(Cl)cc2)CC1)c1ccccc1. The van der Waals surface area contributed by atoms with Crippen molar-refractivity contribution in [3.05, 3.63) is 65.2 Å². The zero-order valence-electron chi connectivity index (χ0n) is 16.3. The van der Waals surface area contributed by atoms with Crippen LogP contribution in [-0.2, 0) is 4.79 Å². The molecule has 1 fully saturated rings. The summed E-state index contributed by atoms with van der Waals surface area (Å²) in [5.41, 5.74) is 1.13. The number of benzene rings is 2. The van der Waals surface area contributed by atoms with E-state index in [-0.39, 0.29) is 11.9 Å². The molecule has 5 nitrogen and oxygen atoms in total. The van der Waals surface area contributed by atoms with Gasteiger partial charge in [0.2, 0.25) is 5.91 Å². The standard InChI is InChI=1S/C22H28ClN3O2/c1-18(19-5-3-2-4-6-19)24-22(27)17-26-13-11-25(12-14-26)15-16-28-21-9-7-20(23)8-10-21/h2-10,18H,11-17H2,1H3,(H,24,27)/t18-/m0/s1. The maximum Gasteiger partial charge on any atom is 0.234 e. The van der Waals surface area contributed by atoms with Gasteiger partial charge in [-0.2, -0.15) is 0 Å². The molecule has 28 heavy (non-hydrogen) atoms. The predicted molar refractivity (Wildman–Crippen MR) is 113 cm³/mol. The topological polar surface area (TPSA) is 44.8 Å². The molecule has 1 aliphatic rings. The molecule has 1 aliphatic heterocycles. The van der Waals surface area contributed by atoms with Crippen molar-refractivity contribution in [1.82, 2.24) is 15.1 Å². The lowest BCUT2D eigenvalue weighted by Crippen LogP contribution is -2.50. The normalized spacial score (nSPS) is 16.5. The molecule has 0 aromatic heterocycles. The van der Waals surface area contributed by atoms with E-state index >= 15 is 0 Å². The maximum absolute atomic E-state index is 12.3. The second kappa shape index (κ2) is 10.5. The average Bonchev–Trinajstić information content (AvgIpc) is 2.71. The number of nitrogens with zero attached hydrogens (tertiary/aromatic N) is 2. The molecule has 0 unspecified atom stereocenters. The van der Waals surface area contributed by atoms with Crippen LogP contribution in [0.25, 0.3) is 0 Å². The zero-order chi connectivity index (χ0) is 19.8. The van der Waals surface area contributed by atoms with Crippen molar-refractivity contribution in [1.29, 1.82) is 0 Å². The molecule has 1 saturated heterocycles. The highest BCUT2D eigenvalue weighted by molar-refractivity contribution is 6.30. The molecule has 0 bridgehead atoms. The van der Waals surface area contributed by atoms with Gasteiger partial charge in [-0.05, 0) is 36.8 Å². The van der Waals surface area contributed by atoms with Crippen molar-refractivity contribution in [2.24, 2.45) is 0 Å². The van der Waals surface area contributed by atoms with Gasteiger partial charge in [0, 0.05) is 37.7 Å². The highest BCUT2D eigenvalue weighted by Crippen LogP contribution is 2.15. The van der Waals surface area contributed by atoms with E-state index in [0.29, 0.717) is 18.2 Å². The Bertz CT molecular complexity index is 731. The van der Waals surface area contributed by atoms with Crippen molar-refractivity contribution in [3.63, 3.8) is 0 Å². The first-order valence-electron chi connectivity index (χ1n) is 9.77. The predicted octanol–water partition coefficient (Wildman–Crippen LogP) is 3.21. The van der Waals surface area contributed by atoms with Crippen LogP contribution in [0.1, 0.15) is 18.5 Å². The van der Waals surface area contributed by atoms with Gasteiger partial charge in [-0.15, -0.1) is 0 Å². The maximum atomic E-state index is 12.3. The number of ether oxygens (including phenoxy) is 1. The van der Waals surface area contributed by atoms with Crippen molar-refractivity contribution < 1.29 is 9.53 Å². The molecular weight excluding hydrogens is 374 g/mol. The summed E-state index contributed by atoms with van der Waals surface area (Å²) in [6.07, 6.45) is 0. The summed E-state index contributed by atoms with van der Waals surface area (Å²) in [4.78, 5) is 16.9. The van der Waals surface area contributed by atoms with E-state index in [2.05, 4.69) is 15.1 Å². The van der Waals surface area contributed by atoms with Crippen LogP contribution in [0.5, 0.6) is 5.75 Å². The van der Waals surface area contributed by atoms with E-state index in [1.54, 1.807) is 0 Å². The minimum absolute atomic E-state index is 0.0278. The van der Waals surface area contributed by atoms with Gasteiger partial charge >= 0.3 is 0 Å². The number of rotatable bonds is 8. The lowest BCUT2D eigenvalue weighted by atomic mass is 10.1. The van der Waals surface area contributed by atoms with E-state index in [1.807, 2.05) is 61.5 Å². The van der Waals surface area contributed by atoms with Crippen LogP contribution < -0.4 is 10.1 Å². The minimum atomic E-state index is 0.0278. The molecule has 2 aromatic rings. The summed E-state index contributed by atoms with van der Waals surface area (Å²) < 4.78 is 5.76. The highest BCUT2D eigenvalue weighted by Gasteiger charge is 2.19. The third kappa shape index (κ3) is 6.51. The fourth-order valence-electron chi connectivity index (χ4n) is 3.31. The lowest BCUT2D eigenvalue weighted by molar-refractivity contribution is -0.123. The molecular formula is C22H28ClN3O2. The second-order valence-electron chi connectivity index (χ2n) is 7.12. The van der Waals surface area contributed by atoms with Gasteiger partial charge in [-0.1, -0.05) is 41.9 Å². The number of piperazine rings is 1. The van der Waals surface area contributed by atoms with E-state index < -0.39 is 0 Å². The van der Waals surface area contributed by atoms with Crippen LogP contribution in [0, 0.1) is 0 Å². The molecule has 3 rings (SSSR count). The Hall–Kier alpha value is -2.08. The molecule has 1 amide bonds. The Morgan fingerprint density at radius 2 is 1.68 bits per heavy atom. The van der Waals surface area contributed by atoms with Gasteiger partial charge in [0.1, 0.15) is 12.4 Å². The van der Waals surface area contributed by atoms with Crippen molar-refractivity contribution in [2.75, 3.05) is 45.9 Å². The quantitative estimate of drug-likeness (QED) is 0.737. The second-order valence-corrected chi connectivity index (χ2v) is 7.56. The Balaban J connectivity index is 1.32. The number of hydrogen-bond acceptors (Lipinski definition) is 4. The summed E-state index contributed by atoms with van der Waals surface area (Å²) in [6.45, 7) is 7.70. The van der Waals surface area contributed by atoms with Gasteiger partial charge in [0.05, 0.1) is 12.6 Å². The van der Waals surface area contributed by atoms with Crippen molar-refractivity contribution >= 4 is 17.5 Å². The summed E-state index contributed by atoms with van der Waals surface area (Å²) in [5.74, 6) is 0.920. The molecule has 0 aliphatic carbocycles. The third-order valence-corrected chi connectivity index (χ3v) is 5.25. The molecule has 0 radical (unpaired) electrons. The Kier molecular flexibility index (Phi) is 7.71. The first-order valence-corrected chi connectivity index (χ1v) is 10.2. The zero-order valence-corrected chi connectivity index (χ0v) is 17.1. The van der Waals surface area contributed by atoms with Crippen LogP contribution >= 0.6 is 11.6 Å². The summed E-state index contributed by atoms with van der Waals surface area (Å²) in [7, 11) is 0. The van der Waals surface area contributed by atoms with E-state index in [9.17, 15) is 4.79 Å². The third-order valence-electron chi connectivity index (χ3n) is 5.00. The molecule has 1 N–H and O–H groups in total. The van der Waals surface area contributed by atoms with Crippen molar-refractivity contribution in [3.8, 4) is 5.75 Å². The van der Waals surface area contributed by atoms with E-state index in [0.717, 1.165) is 44.0 Å². The van der Waals surface area contributed by atoms with Crippen molar-refractivity contribution in [2.45, 2.75) is 13.0 Å². The van der Waals surface area contributed by atoms with Gasteiger partial charge < -0.3 is 10.1 Å². The number of carbonyl (C=O) groups excluding carboxylic acids is 1. The van der Waals surface area contributed by atoms with Gasteiger partial charge in [-0.25, -0.2) is 0 Å². The smallest absolute Gasteiger partial charge is 0.234 e. The summed E-state index contributed by atoms with van der Waals surface area (Å²) in [6, 6.07) is 17.5. The number of nitrogens with one attached hydrogen (secondary N) is 1. The van der Waals surface area contributed by atoms with Crippen LogP contribution in [0.2, 0.25) is 5.02 Å². The van der Waals surface area contributed by atoms with E-state index in [1.165, 1.54) is 0 Å². The largest absolute Gasteiger partial charge is 0.492 e. The molecule has 0 saturated carbocycles. The first-order chi connectivity index (χ1) is 13.6.